The highest BCUT2D eigenvalue weighted by Gasteiger charge is 2.30. The zero-order chi connectivity index (χ0) is 21.9. The van der Waals surface area contributed by atoms with Gasteiger partial charge in [0, 0.05) is 40.7 Å². The molecule has 1 aliphatic rings. The quantitative estimate of drug-likeness (QED) is 0.446. The minimum Gasteiger partial charge on any atom is -0.436 e. The molecule has 3 atom stereocenters. The number of nitrogens with zero attached hydrogens (tertiary/aromatic N) is 5. The molecule has 7 heteroatoms. The smallest absolute Gasteiger partial charge is 0.227 e. The van der Waals surface area contributed by atoms with Gasteiger partial charge in [-0.3, -0.25) is 4.98 Å². The fraction of sp³-hybridized carbons (Fsp3) is 0.417. The summed E-state index contributed by atoms with van der Waals surface area (Å²) in [6.45, 7) is 8.25. The molecule has 0 amide bonds. The van der Waals surface area contributed by atoms with Crippen LogP contribution in [0.25, 0.3) is 33.5 Å². The fourth-order valence-electron chi connectivity index (χ4n) is 4.72. The maximum absolute atomic E-state index is 15.1. The van der Waals surface area contributed by atoms with Gasteiger partial charge in [-0.25, -0.2) is 9.37 Å². The second-order valence-electron chi connectivity index (χ2n) is 8.91. The summed E-state index contributed by atoms with van der Waals surface area (Å²) in [6.07, 6.45) is 1.99. The van der Waals surface area contributed by atoms with Gasteiger partial charge in [-0.1, -0.05) is 0 Å². The Bertz CT molecular complexity index is 1290. The van der Waals surface area contributed by atoms with Gasteiger partial charge in [0.15, 0.2) is 5.58 Å². The van der Waals surface area contributed by atoms with Crippen molar-refractivity contribution in [1.29, 1.82) is 0 Å². The van der Waals surface area contributed by atoms with E-state index in [-0.39, 0.29) is 11.7 Å². The molecule has 31 heavy (non-hydrogen) atoms. The summed E-state index contributed by atoms with van der Waals surface area (Å²) >= 11 is 0. The number of aryl methyl sites for hydroxylation is 2. The van der Waals surface area contributed by atoms with Crippen LogP contribution in [-0.4, -0.2) is 44.2 Å². The number of hydrogen-bond donors (Lipinski definition) is 0. The summed E-state index contributed by atoms with van der Waals surface area (Å²) in [4.78, 5) is 11.3. The van der Waals surface area contributed by atoms with Crippen molar-refractivity contribution in [1.82, 2.24) is 25.1 Å². The lowest BCUT2D eigenvalue weighted by Crippen LogP contribution is -2.43. The van der Waals surface area contributed by atoms with Crippen LogP contribution in [0.5, 0.6) is 0 Å². The van der Waals surface area contributed by atoms with Gasteiger partial charge in [-0.15, -0.1) is 0 Å². The topological polar surface area (TPSA) is 67.9 Å². The average Bonchev–Trinajstić information content (AvgIpc) is 3.16. The predicted octanol–water partition coefficient (Wildman–Crippen LogP) is 5.18. The molecule has 1 fully saturated rings. The summed E-state index contributed by atoms with van der Waals surface area (Å²) in [5, 5.41) is 9.33. The van der Waals surface area contributed by atoms with Crippen LogP contribution >= 0.6 is 0 Å². The molecular formula is C24H26FN5O. The number of oxazole rings is 1. The van der Waals surface area contributed by atoms with Gasteiger partial charge >= 0.3 is 0 Å². The molecule has 4 aromatic rings. The Morgan fingerprint density at radius 1 is 1.00 bits per heavy atom. The molecule has 3 aromatic heterocycles. The predicted molar refractivity (Wildman–Crippen MR) is 118 cm³/mol. The van der Waals surface area contributed by atoms with E-state index in [0.717, 1.165) is 29.9 Å². The molecule has 1 aliphatic heterocycles. The van der Waals surface area contributed by atoms with Gasteiger partial charge in [0.05, 0.1) is 16.9 Å². The minimum atomic E-state index is -0.342. The number of hydrogen-bond acceptors (Lipinski definition) is 6. The van der Waals surface area contributed by atoms with Gasteiger partial charge < -0.3 is 9.32 Å². The van der Waals surface area contributed by atoms with Crippen LogP contribution in [0.2, 0.25) is 0 Å². The molecule has 6 nitrogen and oxygen atoms in total. The van der Waals surface area contributed by atoms with Crippen molar-refractivity contribution in [2.45, 2.75) is 58.5 Å². The van der Waals surface area contributed by atoms with Crippen LogP contribution in [0.15, 0.2) is 28.7 Å². The molecule has 4 heterocycles. The third-order valence-electron chi connectivity index (χ3n) is 6.66. The van der Waals surface area contributed by atoms with Crippen LogP contribution in [-0.2, 0) is 0 Å². The first kappa shape index (κ1) is 20.0. The maximum atomic E-state index is 15.1. The minimum absolute atomic E-state index is 0.285. The first-order valence-corrected chi connectivity index (χ1v) is 10.7. The number of aromatic nitrogens is 4. The van der Waals surface area contributed by atoms with Gasteiger partial charge in [-0.2, -0.15) is 10.2 Å². The van der Waals surface area contributed by atoms with Crippen LogP contribution in [0.3, 0.4) is 0 Å². The Hall–Kier alpha value is -2.93. The summed E-state index contributed by atoms with van der Waals surface area (Å²) in [5.74, 6) is 0.300. The highest BCUT2D eigenvalue weighted by molar-refractivity contribution is 5.85. The van der Waals surface area contributed by atoms with Crippen molar-refractivity contribution in [3.05, 3.63) is 47.2 Å². The van der Waals surface area contributed by atoms with Crippen LogP contribution in [0, 0.1) is 19.7 Å². The lowest BCUT2D eigenvalue weighted by molar-refractivity contribution is 0.121. The molecule has 0 N–H and O–H groups in total. The number of fused-ring (bicyclic) bond motifs is 2. The third-order valence-corrected chi connectivity index (χ3v) is 6.66. The first-order valence-electron chi connectivity index (χ1n) is 10.7. The number of halogens is 1. The molecule has 0 spiro atoms. The van der Waals surface area contributed by atoms with Crippen LogP contribution in [0.4, 0.5) is 4.39 Å². The highest BCUT2D eigenvalue weighted by Crippen LogP contribution is 2.35. The van der Waals surface area contributed by atoms with Crippen molar-refractivity contribution in [2.75, 3.05) is 7.05 Å². The number of likely N-dealkylation sites (tertiary alicyclic amines) is 1. The van der Waals surface area contributed by atoms with Gasteiger partial charge in [-0.05, 0) is 65.8 Å². The maximum Gasteiger partial charge on any atom is 0.227 e. The Morgan fingerprint density at radius 3 is 2.48 bits per heavy atom. The average molecular weight is 420 g/mol. The largest absolute Gasteiger partial charge is 0.436 e. The standard InChI is InChI=1S/C24H26FN5O/c1-12-6-22-23(15(4)26-12)27-24(31-22)17-9-19(25)18-11-20(28-29-21(18)10-17)16-7-13(2)30(5)14(3)8-16/h6,9-11,13-14,16H,7-8H2,1-5H3/t13-,14+,16?. The van der Waals surface area contributed by atoms with E-state index in [1.807, 2.05) is 26.0 Å². The first-order chi connectivity index (χ1) is 14.8. The number of rotatable bonds is 2. The molecule has 1 unspecified atom stereocenters. The zero-order valence-corrected chi connectivity index (χ0v) is 18.5. The number of pyridine rings is 1. The summed E-state index contributed by atoms with van der Waals surface area (Å²) in [7, 11) is 2.16. The summed E-state index contributed by atoms with van der Waals surface area (Å²) < 4.78 is 21.0. The molecule has 0 aliphatic carbocycles. The van der Waals surface area contributed by atoms with E-state index in [4.69, 9.17) is 4.42 Å². The van der Waals surface area contributed by atoms with E-state index < -0.39 is 0 Å². The van der Waals surface area contributed by atoms with Crippen molar-refractivity contribution < 1.29 is 8.81 Å². The van der Waals surface area contributed by atoms with Crippen molar-refractivity contribution in [3.8, 4) is 11.5 Å². The lowest BCUT2D eigenvalue weighted by atomic mass is 9.85. The second-order valence-corrected chi connectivity index (χ2v) is 8.91. The molecule has 0 saturated carbocycles. The van der Waals surface area contributed by atoms with Crippen molar-refractivity contribution in [3.63, 3.8) is 0 Å². The summed E-state index contributed by atoms with van der Waals surface area (Å²) in [5.41, 5.74) is 4.89. The molecule has 1 saturated heterocycles. The monoisotopic (exact) mass is 419 g/mol. The van der Waals surface area contributed by atoms with Crippen LogP contribution in [0.1, 0.15) is 49.7 Å². The molecule has 160 valence electrons. The Kier molecular flexibility index (Phi) is 4.73. The highest BCUT2D eigenvalue weighted by atomic mass is 19.1. The van der Waals surface area contributed by atoms with E-state index in [0.29, 0.717) is 45.5 Å². The number of piperidine rings is 1. The van der Waals surface area contributed by atoms with E-state index in [1.54, 1.807) is 6.07 Å². The van der Waals surface area contributed by atoms with Crippen molar-refractivity contribution in [2.24, 2.45) is 0 Å². The summed E-state index contributed by atoms with van der Waals surface area (Å²) in [6, 6.07) is 7.87. The second kappa shape index (κ2) is 7.34. The van der Waals surface area contributed by atoms with E-state index in [2.05, 4.69) is 46.0 Å². The third kappa shape index (κ3) is 3.47. The van der Waals surface area contributed by atoms with Gasteiger partial charge in [0.2, 0.25) is 5.89 Å². The lowest BCUT2D eigenvalue weighted by Gasteiger charge is -2.40. The Labute approximate surface area is 180 Å². The molecular weight excluding hydrogens is 393 g/mol. The van der Waals surface area contributed by atoms with Gasteiger partial charge in [0.25, 0.3) is 0 Å². The van der Waals surface area contributed by atoms with E-state index in [1.165, 1.54) is 6.07 Å². The Balaban J connectivity index is 1.54. The van der Waals surface area contributed by atoms with E-state index >= 15 is 4.39 Å². The molecule has 5 rings (SSSR count). The Morgan fingerprint density at radius 2 is 1.74 bits per heavy atom. The van der Waals surface area contributed by atoms with Crippen LogP contribution < -0.4 is 0 Å². The van der Waals surface area contributed by atoms with E-state index in [9.17, 15) is 0 Å². The zero-order valence-electron chi connectivity index (χ0n) is 18.5. The normalized spacial score (nSPS) is 22.5. The SMILES string of the molecule is Cc1cc2oc(-c3cc(F)c4cc(C5C[C@@H](C)N(C)[C@@H](C)C5)nnc4c3)nc2c(C)n1. The molecule has 1 aromatic carbocycles. The van der Waals surface area contributed by atoms with Crippen molar-refractivity contribution >= 4 is 22.0 Å². The molecule has 0 radical (unpaired) electrons. The fourth-order valence-corrected chi connectivity index (χ4v) is 4.72. The molecule has 0 bridgehead atoms. The number of benzene rings is 1. The van der Waals surface area contributed by atoms with Gasteiger partial charge in [0.1, 0.15) is 11.3 Å².